The Balaban J connectivity index is 1.61. The largest absolute Gasteiger partial charge is 0.474 e. The Morgan fingerprint density at radius 1 is 1.00 bits per heavy atom. The van der Waals surface area contributed by atoms with Gasteiger partial charge in [0.05, 0.1) is 5.39 Å². The highest BCUT2D eigenvalue weighted by Gasteiger charge is 2.18. The first-order chi connectivity index (χ1) is 11.4. The highest BCUT2D eigenvalue weighted by Crippen LogP contribution is 2.27. The van der Waals surface area contributed by atoms with Gasteiger partial charge in [-0.3, -0.25) is 0 Å². The highest BCUT2D eigenvalue weighted by molar-refractivity contribution is 5.81. The molecule has 2 aromatic heterocycles. The van der Waals surface area contributed by atoms with Gasteiger partial charge in [-0.25, -0.2) is 9.97 Å². The summed E-state index contributed by atoms with van der Waals surface area (Å²) in [6.07, 6.45) is 10.1. The number of benzene rings is 1. The van der Waals surface area contributed by atoms with Gasteiger partial charge in [-0.1, -0.05) is 36.8 Å². The minimum atomic E-state index is 0.305. The summed E-state index contributed by atoms with van der Waals surface area (Å²) in [6.45, 7) is 0.810. The maximum atomic E-state index is 6.17. The predicted octanol–water partition coefficient (Wildman–Crippen LogP) is 4.19. The minimum Gasteiger partial charge on any atom is -0.474 e. The summed E-state index contributed by atoms with van der Waals surface area (Å²) in [5, 5.41) is 1.01. The number of hydrogen-bond acceptors (Lipinski definition) is 3. The highest BCUT2D eigenvalue weighted by atomic mass is 16.5. The maximum Gasteiger partial charge on any atom is 0.226 e. The molecule has 1 aliphatic carbocycles. The predicted molar refractivity (Wildman–Crippen MR) is 90.6 cm³/mol. The lowest BCUT2D eigenvalue weighted by molar-refractivity contribution is 0.151. The third-order valence-electron chi connectivity index (χ3n) is 4.55. The van der Waals surface area contributed by atoms with Crippen molar-refractivity contribution in [3.8, 4) is 5.88 Å². The Bertz CT molecular complexity index is 776. The molecule has 0 amide bonds. The van der Waals surface area contributed by atoms with E-state index in [-0.39, 0.29) is 0 Å². The summed E-state index contributed by atoms with van der Waals surface area (Å²) >= 11 is 0. The van der Waals surface area contributed by atoms with Gasteiger partial charge in [0.2, 0.25) is 5.88 Å². The van der Waals surface area contributed by atoms with E-state index in [1.54, 1.807) is 6.33 Å². The molecule has 23 heavy (non-hydrogen) atoms. The van der Waals surface area contributed by atoms with E-state index in [0.29, 0.717) is 6.10 Å². The molecule has 0 bridgehead atoms. The van der Waals surface area contributed by atoms with Crippen LogP contribution in [0.25, 0.3) is 11.0 Å². The molecule has 1 saturated carbocycles. The summed E-state index contributed by atoms with van der Waals surface area (Å²) in [7, 11) is 0. The first kappa shape index (κ1) is 14.2. The van der Waals surface area contributed by atoms with Crippen LogP contribution in [-0.4, -0.2) is 20.6 Å². The summed E-state index contributed by atoms with van der Waals surface area (Å²) in [4.78, 5) is 8.84. The lowest BCUT2D eigenvalue weighted by atomic mass is 9.98. The summed E-state index contributed by atoms with van der Waals surface area (Å²) in [5.74, 6) is 0.730. The van der Waals surface area contributed by atoms with Crippen LogP contribution in [0.3, 0.4) is 0 Å². The first-order valence-electron chi connectivity index (χ1n) is 8.40. The number of fused-ring (bicyclic) bond motifs is 1. The van der Waals surface area contributed by atoms with Crippen molar-refractivity contribution in [2.75, 3.05) is 0 Å². The molecular formula is C19H21N3O. The van der Waals surface area contributed by atoms with Crippen LogP contribution >= 0.6 is 0 Å². The molecule has 3 aromatic rings. The molecule has 118 valence electrons. The van der Waals surface area contributed by atoms with Gasteiger partial charge in [0.15, 0.2) is 0 Å². The molecule has 0 radical (unpaired) electrons. The molecule has 4 heteroatoms. The van der Waals surface area contributed by atoms with Crippen LogP contribution in [0.4, 0.5) is 0 Å². The van der Waals surface area contributed by atoms with Crippen molar-refractivity contribution >= 4 is 11.0 Å². The number of aromatic nitrogens is 3. The normalized spacial score (nSPS) is 15.8. The van der Waals surface area contributed by atoms with Crippen molar-refractivity contribution < 1.29 is 4.74 Å². The number of ether oxygens (including phenoxy) is 1. The Morgan fingerprint density at radius 3 is 2.65 bits per heavy atom. The van der Waals surface area contributed by atoms with Crippen molar-refractivity contribution in [2.45, 2.75) is 44.8 Å². The maximum absolute atomic E-state index is 6.17. The monoisotopic (exact) mass is 307 g/mol. The van der Waals surface area contributed by atoms with E-state index in [0.717, 1.165) is 36.3 Å². The zero-order valence-corrected chi connectivity index (χ0v) is 13.2. The molecule has 0 saturated heterocycles. The van der Waals surface area contributed by atoms with E-state index in [1.165, 1.54) is 24.8 Å². The zero-order chi connectivity index (χ0) is 15.5. The number of hydrogen-bond donors (Lipinski definition) is 0. The van der Waals surface area contributed by atoms with Gasteiger partial charge in [-0.15, -0.1) is 0 Å². The topological polar surface area (TPSA) is 39.9 Å². The molecule has 1 fully saturated rings. The van der Waals surface area contributed by atoms with Gasteiger partial charge in [0.1, 0.15) is 18.1 Å². The Kier molecular flexibility index (Phi) is 3.97. The quantitative estimate of drug-likeness (QED) is 0.725. The third kappa shape index (κ3) is 3.07. The van der Waals surface area contributed by atoms with E-state index in [2.05, 4.69) is 51.1 Å². The van der Waals surface area contributed by atoms with Crippen LogP contribution in [0, 0.1) is 0 Å². The smallest absolute Gasteiger partial charge is 0.226 e. The van der Waals surface area contributed by atoms with Gasteiger partial charge in [0, 0.05) is 12.7 Å². The third-order valence-corrected chi connectivity index (χ3v) is 4.55. The molecule has 0 spiro atoms. The van der Waals surface area contributed by atoms with Gasteiger partial charge in [0.25, 0.3) is 0 Å². The molecule has 0 unspecified atom stereocenters. The minimum absolute atomic E-state index is 0.305. The molecule has 0 aliphatic heterocycles. The van der Waals surface area contributed by atoms with Crippen molar-refractivity contribution in [3.63, 3.8) is 0 Å². The van der Waals surface area contributed by atoms with Gasteiger partial charge in [-0.05, 0) is 37.3 Å². The fourth-order valence-corrected chi connectivity index (χ4v) is 3.32. The fraction of sp³-hybridized carbons (Fsp3) is 0.368. The lowest BCUT2D eigenvalue weighted by Gasteiger charge is -2.22. The molecule has 4 nitrogen and oxygen atoms in total. The van der Waals surface area contributed by atoms with Crippen LogP contribution < -0.4 is 4.74 Å². The zero-order valence-electron chi connectivity index (χ0n) is 13.2. The van der Waals surface area contributed by atoms with Gasteiger partial charge in [-0.2, -0.15) is 0 Å². The second kappa shape index (κ2) is 6.41. The van der Waals surface area contributed by atoms with Crippen LogP contribution in [0.1, 0.15) is 37.7 Å². The average molecular weight is 307 g/mol. The number of nitrogens with zero attached hydrogens (tertiary/aromatic N) is 3. The van der Waals surface area contributed by atoms with Crippen molar-refractivity contribution in [2.24, 2.45) is 0 Å². The molecule has 1 aliphatic rings. The average Bonchev–Trinajstić information content (AvgIpc) is 3.01. The van der Waals surface area contributed by atoms with E-state index >= 15 is 0 Å². The van der Waals surface area contributed by atoms with E-state index < -0.39 is 0 Å². The molecule has 2 heterocycles. The van der Waals surface area contributed by atoms with Crippen LogP contribution in [0.2, 0.25) is 0 Å². The Hall–Kier alpha value is -2.36. The van der Waals surface area contributed by atoms with Gasteiger partial charge < -0.3 is 9.30 Å². The summed E-state index contributed by atoms with van der Waals surface area (Å²) in [5.41, 5.74) is 2.20. The van der Waals surface area contributed by atoms with Crippen LogP contribution in [0.15, 0.2) is 48.9 Å². The molecule has 4 rings (SSSR count). The molecule has 0 N–H and O–H groups in total. The summed E-state index contributed by atoms with van der Waals surface area (Å²) < 4.78 is 8.32. The molecule has 0 atom stereocenters. The van der Waals surface area contributed by atoms with E-state index in [9.17, 15) is 0 Å². The van der Waals surface area contributed by atoms with Crippen molar-refractivity contribution in [1.29, 1.82) is 0 Å². The van der Waals surface area contributed by atoms with E-state index in [1.807, 2.05) is 6.07 Å². The van der Waals surface area contributed by atoms with Crippen LogP contribution in [-0.2, 0) is 6.54 Å². The SMILES string of the molecule is c1ccc(Cn2ccc3c(OC4CCCCC4)ncnc32)cc1. The van der Waals surface area contributed by atoms with Gasteiger partial charge >= 0.3 is 0 Å². The Morgan fingerprint density at radius 2 is 1.83 bits per heavy atom. The van der Waals surface area contributed by atoms with E-state index in [4.69, 9.17) is 4.74 Å². The Labute approximate surface area is 136 Å². The fourth-order valence-electron chi connectivity index (χ4n) is 3.32. The summed E-state index contributed by atoms with van der Waals surface area (Å²) in [6, 6.07) is 12.5. The lowest BCUT2D eigenvalue weighted by Crippen LogP contribution is -2.20. The molecular weight excluding hydrogens is 286 g/mol. The standard InChI is InChI=1S/C19H21N3O/c1-3-7-15(8-4-1)13-22-12-11-17-18(22)20-14-21-19(17)23-16-9-5-2-6-10-16/h1,3-4,7-8,11-12,14,16H,2,5-6,9-10,13H2. The molecule has 1 aromatic carbocycles. The van der Waals surface area contributed by atoms with Crippen molar-refractivity contribution in [3.05, 3.63) is 54.5 Å². The second-order valence-electron chi connectivity index (χ2n) is 6.22. The number of rotatable bonds is 4. The van der Waals surface area contributed by atoms with Crippen LogP contribution in [0.5, 0.6) is 5.88 Å². The van der Waals surface area contributed by atoms with Crippen molar-refractivity contribution in [1.82, 2.24) is 14.5 Å². The first-order valence-corrected chi connectivity index (χ1v) is 8.40. The second-order valence-corrected chi connectivity index (χ2v) is 6.22.